The Balaban J connectivity index is 1.68. The molecule has 0 bridgehead atoms. The van der Waals surface area contributed by atoms with Crippen molar-refractivity contribution in [3.8, 4) is 0 Å². The monoisotopic (exact) mass is 393 g/mol. The van der Waals surface area contributed by atoms with Crippen LogP contribution in [0.1, 0.15) is 34.1 Å². The number of hydrogen-bond acceptors (Lipinski definition) is 5. The van der Waals surface area contributed by atoms with E-state index in [0.717, 1.165) is 28.2 Å². The van der Waals surface area contributed by atoms with Crippen LogP contribution in [-0.2, 0) is 4.79 Å². The van der Waals surface area contributed by atoms with Gasteiger partial charge in [-0.05, 0) is 50.5 Å². The average molecular weight is 394 g/mol. The zero-order chi connectivity index (χ0) is 19.8. The molecule has 0 spiro atoms. The summed E-state index contributed by atoms with van der Waals surface area (Å²) in [7, 11) is 0. The summed E-state index contributed by atoms with van der Waals surface area (Å²) in [6, 6.07) is 14.1. The predicted octanol–water partition coefficient (Wildman–Crippen LogP) is 3.91. The first kappa shape index (κ1) is 18.6. The molecule has 2 atom stereocenters. The molecule has 0 aliphatic carbocycles. The van der Waals surface area contributed by atoms with Crippen molar-refractivity contribution in [3.05, 3.63) is 70.5 Å². The predicted molar refractivity (Wildman–Crippen MR) is 112 cm³/mol. The minimum Gasteiger partial charge on any atom is -0.325 e. The minimum atomic E-state index is -0.376. The Kier molecular flexibility index (Phi) is 4.85. The van der Waals surface area contributed by atoms with Gasteiger partial charge in [0.05, 0.1) is 6.04 Å². The summed E-state index contributed by atoms with van der Waals surface area (Å²) in [5.41, 5.74) is 8.67. The lowest BCUT2D eigenvalue weighted by Crippen LogP contribution is -2.41. The maximum atomic E-state index is 13.3. The van der Waals surface area contributed by atoms with Gasteiger partial charge in [-0.1, -0.05) is 53.7 Å². The lowest BCUT2D eigenvalue weighted by atomic mass is 10.0. The lowest BCUT2D eigenvalue weighted by molar-refractivity contribution is -0.116. The average Bonchev–Trinajstić information content (AvgIpc) is 3.04. The standard InChI is InChI=1S/C21H23N5OS/c1-12-6-9-16(10-7-12)18-19(28-21-24-23-15(4)26(21)25-18)20(27)22-17-11-13(2)5-8-14(17)3/h5-11,18-19,25H,1-4H3,(H,22,27). The van der Waals surface area contributed by atoms with E-state index in [2.05, 4.69) is 52.1 Å². The molecule has 0 saturated heterocycles. The summed E-state index contributed by atoms with van der Waals surface area (Å²) < 4.78 is 1.86. The normalized spacial score (nSPS) is 18.3. The number of carbonyl (C=O) groups is 1. The maximum absolute atomic E-state index is 13.3. The summed E-state index contributed by atoms with van der Waals surface area (Å²) in [6.45, 7) is 7.97. The van der Waals surface area contributed by atoms with Gasteiger partial charge in [-0.25, -0.2) is 4.68 Å². The molecule has 3 aromatic rings. The van der Waals surface area contributed by atoms with E-state index in [1.165, 1.54) is 17.3 Å². The third-order valence-corrected chi connectivity index (χ3v) is 6.16. The molecule has 0 fully saturated rings. The van der Waals surface area contributed by atoms with Crippen molar-refractivity contribution < 1.29 is 4.79 Å². The molecule has 7 heteroatoms. The highest BCUT2D eigenvalue weighted by molar-refractivity contribution is 8.00. The molecule has 2 heterocycles. The van der Waals surface area contributed by atoms with Crippen molar-refractivity contribution in [3.63, 3.8) is 0 Å². The number of amides is 1. The van der Waals surface area contributed by atoms with Crippen LogP contribution < -0.4 is 10.7 Å². The third-order valence-electron chi connectivity index (χ3n) is 4.94. The molecular formula is C21H23N5OS. The molecular weight excluding hydrogens is 370 g/mol. The van der Waals surface area contributed by atoms with Gasteiger partial charge in [0.1, 0.15) is 11.1 Å². The van der Waals surface area contributed by atoms with Gasteiger partial charge in [0, 0.05) is 5.69 Å². The molecule has 6 nitrogen and oxygen atoms in total. The molecule has 2 aromatic carbocycles. The van der Waals surface area contributed by atoms with E-state index in [-0.39, 0.29) is 17.2 Å². The fraction of sp³-hybridized carbons (Fsp3) is 0.286. The van der Waals surface area contributed by atoms with Gasteiger partial charge in [0.15, 0.2) is 0 Å². The topological polar surface area (TPSA) is 71.8 Å². The van der Waals surface area contributed by atoms with Crippen LogP contribution >= 0.6 is 11.8 Å². The second kappa shape index (κ2) is 7.31. The van der Waals surface area contributed by atoms with E-state index in [1.54, 1.807) is 0 Å². The van der Waals surface area contributed by atoms with Crippen LogP contribution in [0.25, 0.3) is 0 Å². The molecule has 1 amide bonds. The molecule has 1 aliphatic heterocycles. The van der Waals surface area contributed by atoms with Crippen molar-refractivity contribution in [2.75, 3.05) is 10.7 Å². The molecule has 0 saturated carbocycles. The number of aryl methyl sites for hydroxylation is 4. The van der Waals surface area contributed by atoms with Crippen LogP contribution in [0.15, 0.2) is 47.6 Å². The molecule has 144 valence electrons. The van der Waals surface area contributed by atoms with Crippen LogP contribution in [-0.4, -0.2) is 26.0 Å². The number of benzene rings is 2. The van der Waals surface area contributed by atoms with Crippen LogP contribution in [0.5, 0.6) is 0 Å². The Bertz CT molecular complexity index is 1030. The van der Waals surface area contributed by atoms with Gasteiger partial charge in [-0.15, -0.1) is 10.2 Å². The SMILES string of the molecule is Cc1ccc(C2Nn3c(C)nnc3SC2C(=O)Nc2cc(C)ccc2C)cc1. The molecule has 2 N–H and O–H groups in total. The largest absolute Gasteiger partial charge is 0.325 e. The fourth-order valence-corrected chi connectivity index (χ4v) is 4.38. The second-order valence-electron chi connectivity index (χ2n) is 7.23. The van der Waals surface area contributed by atoms with Crippen molar-refractivity contribution in [1.82, 2.24) is 14.9 Å². The van der Waals surface area contributed by atoms with Crippen LogP contribution in [0.3, 0.4) is 0 Å². The fourth-order valence-electron chi connectivity index (χ4n) is 3.26. The number of nitrogens with one attached hydrogen (secondary N) is 2. The van der Waals surface area contributed by atoms with Crippen LogP contribution in [0.4, 0.5) is 5.69 Å². The quantitative estimate of drug-likeness (QED) is 0.706. The van der Waals surface area contributed by atoms with E-state index in [9.17, 15) is 4.79 Å². The molecule has 1 aromatic heterocycles. The Morgan fingerprint density at radius 1 is 1.04 bits per heavy atom. The van der Waals surface area contributed by atoms with E-state index in [0.29, 0.717) is 5.16 Å². The molecule has 2 unspecified atom stereocenters. The zero-order valence-corrected chi connectivity index (χ0v) is 17.2. The maximum Gasteiger partial charge on any atom is 0.240 e. The highest BCUT2D eigenvalue weighted by Gasteiger charge is 2.37. The first-order valence-electron chi connectivity index (χ1n) is 9.22. The summed E-state index contributed by atoms with van der Waals surface area (Å²) >= 11 is 1.44. The van der Waals surface area contributed by atoms with Crippen LogP contribution in [0.2, 0.25) is 0 Å². The summed E-state index contributed by atoms with van der Waals surface area (Å²) in [5.74, 6) is 0.719. The number of thioether (sulfide) groups is 1. The Morgan fingerprint density at radius 3 is 2.50 bits per heavy atom. The molecule has 4 rings (SSSR count). The van der Waals surface area contributed by atoms with Crippen molar-refractivity contribution in [1.29, 1.82) is 0 Å². The molecule has 1 aliphatic rings. The molecule has 0 radical (unpaired) electrons. The smallest absolute Gasteiger partial charge is 0.240 e. The first-order chi connectivity index (χ1) is 13.4. The highest BCUT2D eigenvalue weighted by atomic mass is 32.2. The Hall–Kier alpha value is -2.80. The van der Waals surface area contributed by atoms with Crippen molar-refractivity contribution in [2.24, 2.45) is 0 Å². The third kappa shape index (κ3) is 3.49. The Morgan fingerprint density at radius 2 is 1.75 bits per heavy atom. The van der Waals surface area contributed by atoms with Gasteiger partial charge in [0.2, 0.25) is 11.1 Å². The number of aromatic nitrogens is 3. The van der Waals surface area contributed by atoms with Crippen LogP contribution in [0, 0.1) is 27.7 Å². The van der Waals surface area contributed by atoms with E-state index in [1.807, 2.05) is 43.6 Å². The van der Waals surface area contributed by atoms with Gasteiger partial charge in [-0.2, -0.15) is 0 Å². The summed E-state index contributed by atoms with van der Waals surface area (Å²) in [6.07, 6.45) is 0. The highest BCUT2D eigenvalue weighted by Crippen LogP contribution is 2.37. The number of nitrogens with zero attached hydrogens (tertiary/aromatic N) is 3. The molecule has 28 heavy (non-hydrogen) atoms. The van der Waals surface area contributed by atoms with Gasteiger partial charge < -0.3 is 10.7 Å². The number of anilines is 1. The van der Waals surface area contributed by atoms with Crippen molar-refractivity contribution >= 4 is 23.4 Å². The van der Waals surface area contributed by atoms with Crippen molar-refractivity contribution in [2.45, 2.75) is 44.1 Å². The van der Waals surface area contributed by atoms with Gasteiger partial charge >= 0.3 is 0 Å². The van der Waals surface area contributed by atoms with E-state index >= 15 is 0 Å². The first-order valence-corrected chi connectivity index (χ1v) is 10.1. The lowest BCUT2D eigenvalue weighted by Gasteiger charge is -2.33. The number of fused-ring (bicyclic) bond motifs is 1. The summed E-state index contributed by atoms with van der Waals surface area (Å²) in [5, 5.41) is 11.8. The van der Waals surface area contributed by atoms with Gasteiger partial charge in [-0.3, -0.25) is 4.79 Å². The Labute approximate surface area is 168 Å². The number of rotatable bonds is 3. The second-order valence-corrected chi connectivity index (χ2v) is 8.34. The number of carbonyl (C=O) groups excluding carboxylic acids is 1. The zero-order valence-electron chi connectivity index (χ0n) is 16.4. The number of hydrogen-bond donors (Lipinski definition) is 2. The van der Waals surface area contributed by atoms with E-state index < -0.39 is 0 Å². The van der Waals surface area contributed by atoms with E-state index in [4.69, 9.17) is 0 Å². The summed E-state index contributed by atoms with van der Waals surface area (Å²) in [4.78, 5) is 13.3. The van der Waals surface area contributed by atoms with Gasteiger partial charge in [0.25, 0.3) is 0 Å². The minimum absolute atomic E-state index is 0.0521.